The summed E-state index contributed by atoms with van der Waals surface area (Å²) in [4.78, 5) is 26.8. The highest BCUT2D eigenvalue weighted by Gasteiger charge is 2.27. The second-order valence-electron chi connectivity index (χ2n) is 6.72. The van der Waals surface area contributed by atoms with Crippen LogP contribution in [0.5, 0.6) is 11.5 Å². The fraction of sp³-hybridized carbons (Fsp3) is 0.273. The molecule has 0 saturated carbocycles. The van der Waals surface area contributed by atoms with Crippen molar-refractivity contribution < 1.29 is 23.9 Å². The van der Waals surface area contributed by atoms with Crippen LogP contribution in [0.1, 0.15) is 37.8 Å². The SMILES string of the molecule is CCCCOc1c(Cl)cc(/C=C2\N=C(c3ccc([N+](=O)[O-])cc3Cl)OC2=O)cc1OCC. The quantitative estimate of drug-likeness (QED) is 0.148. The Hall–Kier alpha value is -3.10. The van der Waals surface area contributed by atoms with E-state index >= 15 is 0 Å². The summed E-state index contributed by atoms with van der Waals surface area (Å²) in [5.74, 6) is 0.167. The molecule has 0 bridgehead atoms. The number of non-ortho nitro benzene ring substituents is 1. The molecule has 3 rings (SSSR count). The van der Waals surface area contributed by atoms with Crippen molar-refractivity contribution in [3.05, 3.63) is 67.3 Å². The summed E-state index contributed by atoms with van der Waals surface area (Å²) in [6.45, 7) is 4.81. The second kappa shape index (κ2) is 10.5. The zero-order valence-corrected chi connectivity index (χ0v) is 18.9. The van der Waals surface area contributed by atoms with Crippen molar-refractivity contribution in [3.63, 3.8) is 0 Å². The summed E-state index contributed by atoms with van der Waals surface area (Å²) in [7, 11) is 0. The van der Waals surface area contributed by atoms with Crippen molar-refractivity contribution in [1.29, 1.82) is 0 Å². The summed E-state index contributed by atoms with van der Waals surface area (Å²) in [6, 6.07) is 7.13. The van der Waals surface area contributed by atoms with Crippen LogP contribution in [0.3, 0.4) is 0 Å². The number of nitro benzene ring substituents is 1. The molecule has 0 spiro atoms. The average Bonchev–Trinajstić information content (AvgIpc) is 3.10. The van der Waals surface area contributed by atoms with Crippen molar-refractivity contribution in [2.24, 2.45) is 4.99 Å². The van der Waals surface area contributed by atoms with E-state index in [-0.39, 0.29) is 27.9 Å². The van der Waals surface area contributed by atoms with Gasteiger partial charge in [0.1, 0.15) is 0 Å². The number of nitro groups is 1. The van der Waals surface area contributed by atoms with E-state index in [1.54, 1.807) is 12.1 Å². The number of nitrogens with zero attached hydrogens (tertiary/aromatic N) is 2. The van der Waals surface area contributed by atoms with Gasteiger partial charge in [0.2, 0.25) is 5.90 Å². The molecule has 10 heteroatoms. The number of rotatable bonds is 9. The third-order valence-corrected chi connectivity index (χ3v) is 4.99. The van der Waals surface area contributed by atoms with Crippen molar-refractivity contribution in [2.45, 2.75) is 26.7 Å². The van der Waals surface area contributed by atoms with E-state index in [2.05, 4.69) is 11.9 Å². The van der Waals surface area contributed by atoms with Crippen molar-refractivity contribution in [1.82, 2.24) is 0 Å². The maximum Gasteiger partial charge on any atom is 0.363 e. The molecule has 2 aromatic rings. The molecule has 0 N–H and O–H groups in total. The van der Waals surface area contributed by atoms with Gasteiger partial charge in [-0.05, 0) is 43.2 Å². The Kier molecular flexibility index (Phi) is 7.71. The van der Waals surface area contributed by atoms with E-state index in [0.717, 1.165) is 12.8 Å². The van der Waals surface area contributed by atoms with Crippen molar-refractivity contribution in [2.75, 3.05) is 13.2 Å². The maximum absolute atomic E-state index is 12.3. The molecule has 2 aromatic carbocycles. The molecule has 0 fully saturated rings. The van der Waals surface area contributed by atoms with Crippen LogP contribution in [0.15, 0.2) is 41.0 Å². The van der Waals surface area contributed by atoms with Gasteiger partial charge in [-0.1, -0.05) is 36.5 Å². The maximum atomic E-state index is 12.3. The molecule has 0 atom stereocenters. The van der Waals surface area contributed by atoms with Crippen LogP contribution >= 0.6 is 23.2 Å². The lowest BCUT2D eigenvalue weighted by molar-refractivity contribution is -0.384. The standard InChI is InChI=1S/C22H20Cl2N2O6/c1-3-5-8-31-20-17(24)9-13(11-19(20)30-4-2)10-18-22(27)32-21(25-18)15-7-6-14(26(28)29)12-16(15)23/h6-7,9-12H,3-5,8H2,1-2H3/b18-10-. The third kappa shape index (κ3) is 5.38. The van der Waals surface area contributed by atoms with Crippen LogP contribution in [0, 0.1) is 10.1 Å². The van der Waals surface area contributed by atoms with Gasteiger partial charge < -0.3 is 14.2 Å². The largest absolute Gasteiger partial charge is 0.490 e. The molecule has 0 saturated heterocycles. The number of aliphatic imine (C=N–C) groups is 1. The van der Waals surface area contributed by atoms with Gasteiger partial charge in [-0.3, -0.25) is 10.1 Å². The first-order chi connectivity index (χ1) is 15.3. The van der Waals surface area contributed by atoms with Crippen LogP contribution in [-0.4, -0.2) is 30.0 Å². The number of halogens is 2. The number of benzene rings is 2. The highest BCUT2D eigenvalue weighted by molar-refractivity contribution is 6.35. The lowest BCUT2D eigenvalue weighted by Gasteiger charge is -2.14. The molecular weight excluding hydrogens is 459 g/mol. The van der Waals surface area contributed by atoms with Gasteiger partial charge in [0.05, 0.1) is 33.7 Å². The van der Waals surface area contributed by atoms with Crippen LogP contribution < -0.4 is 9.47 Å². The molecular formula is C22H20Cl2N2O6. The molecule has 0 aliphatic carbocycles. The predicted molar refractivity (Wildman–Crippen MR) is 122 cm³/mol. The summed E-state index contributed by atoms with van der Waals surface area (Å²) in [5, 5.41) is 11.3. The molecule has 168 valence electrons. The first kappa shape index (κ1) is 23.6. The highest BCUT2D eigenvalue weighted by atomic mass is 35.5. The molecule has 0 unspecified atom stereocenters. The van der Waals surface area contributed by atoms with Crippen LogP contribution in [0.4, 0.5) is 5.69 Å². The summed E-state index contributed by atoms with van der Waals surface area (Å²) in [5.41, 5.74) is 0.668. The second-order valence-corrected chi connectivity index (χ2v) is 7.54. The summed E-state index contributed by atoms with van der Waals surface area (Å²) >= 11 is 12.5. The number of carbonyl (C=O) groups is 1. The fourth-order valence-corrected chi connectivity index (χ4v) is 3.40. The first-order valence-electron chi connectivity index (χ1n) is 9.90. The van der Waals surface area contributed by atoms with Crippen LogP contribution in [-0.2, 0) is 9.53 Å². The number of unbranched alkanes of at least 4 members (excludes halogenated alkanes) is 1. The zero-order chi connectivity index (χ0) is 23.3. The average molecular weight is 479 g/mol. The molecule has 0 aromatic heterocycles. The number of cyclic esters (lactones) is 1. The Morgan fingerprint density at radius 1 is 1.16 bits per heavy atom. The van der Waals surface area contributed by atoms with E-state index < -0.39 is 10.9 Å². The molecule has 8 nitrogen and oxygen atoms in total. The minimum atomic E-state index is -0.688. The third-order valence-electron chi connectivity index (χ3n) is 4.39. The smallest absolute Gasteiger partial charge is 0.363 e. The van der Waals surface area contributed by atoms with E-state index in [1.165, 1.54) is 24.3 Å². The van der Waals surface area contributed by atoms with Gasteiger partial charge >= 0.3 is 5.97 Å². The number of hydrogen-bond donors (Lipinski definition) is 0. The van der Waals surface area contributed by atoms with E-state index in [1.807, 2.05) is 6.92 Å². The minimum absolute atomic E-state index is 0.0209. The number of ether oxygens (including phenoxy) is 3. The van der Waals surface area contributed by atoms with E-state index in [4.69, 9.17) is 37.4 Å². The lowest BCUT2D eigenvalue weighted by atomic mass is 10.1. The molecule has 1 aliphatic heterocycles. The highest BCUT2D eigenvalue weighted by Crippen LogP contribution is 2.38. The number of carbonyl (C=O) groups excluding carboxylic acids is 1. The molecule has 1 heterocycles. The molecule has 1 aliphatic rings. The van der Waals surface area contributed by atoms with Gasteiger partial charge in [-0.15, -0.1) is 0 Å². The summed E-state index contributed by atoms with van der Waals surface area (Å²) < 4.78 is 16.6. The number of hydrogen-bond acceptors (Lipinski definition) is 7. The number of esters is 1. The predicted octanol–water partition coefficient (Wildman–Crippen LogP) is 5.82. The van der Waals surface area contributed by atoms with Gasteiger partial charge in [0.15, 0.2) is 17.2 Å². The van der Waals surface area contributed by atoms with E-state index in [0.29, 0.717) is 35.3 Å². The molecule has 32 heavy (non-hydrogen) atoms. The van der Waals surface area contributed by atoms with Crippen molar-refractivity contribution in [3.8, 4) is 11.5 Å². The van der Waals surface area contributed by atoms with E-state index in [9.17, 15) is 14.9 Å². The van der Waals surface area contributed by atoms with Crippen LogP contribution in [0.25, 0.3) is 6.08 Å². The zero-order valence-electron chi connectivity index (χ0n) is 17.4. The Morgan fingerprint density at radius 3 is 2.59 bits per heavy atom. The van der Waals surface area contributed by atoms with Crippen molar-refractivity contribution >= 4 is 46.8 Å². The molecule has 0 radical (unpaired) electrons. The Balaban J connectivity index is 1.93. The minimum Gasteiger partial charge on any atom is -0.490 e. The van der Waals surface area contributed by atoms with Gasteiger partial charge in [0, 0.05) is 12.1 Å². The molecule has 0 amide bonds. The lowest BCUT2D eigenvalue weighted by Crippen LogP contribution is -2.06. The van der Waals surface area contributed by atoms with Gasteiger partial charge in [0.25, 0.3) is 5.69 Å². The van der Waals surface area contributed by atoms with Gasteiger partial charge in [-0.2, -0.15) is 0 Å². The first-order valence-corrected chi connectivity index (χ1v) is 10.7. The Bertz CT molecular complexity index is 1110. The normalized spacial score (nSPS) is 14.3. The fourth-order valence-electron chi connectivity index (χ4n) is 2.87. The topological polar surface area (TPSA) is 100 Å². The summed E-state index contributed by atoms with van der Waals surface area (Å²) in [6.07, 6.45) is 3.36. The monoisotopic (exact) mass is 478 g/mol. The Morgan fingerprint density at radius 2 is 1.94 bits per heavy atom. The Labute approximate surface area is 194 Å². The van der Waals surface area contributed by atoms with Crippen LogP contribution in [0.2, 0.25) is 10.0 Å². The van der Waals surface area contributed by atoms with Gasteiger partial charge in [-0.25, -0.2) is 9.79 Å².